The van der Waals surface area contributed by atoms with Gasteiger partial charge >= 0.3 is 6.61 Å². The van der Waals surface area contributed by atoms with E-state index in [1.165, 1.54) is 18.9 Å². The summed E-state index contributed by atoms with van der Waals surface area (Å²) >= 11 is 2.02. The molecule has 1 aromatic carbocycles. The number of ketones is 1. The Hall–Kier alpha value is -1.10. The van der Waals surface area contributed by atoms with Crippen molar-refractivity contribution in [1.82, 2.24) is 0 Å². The van der Waals surface area contributed by atoms with Crippen LogP contribution in [0.5, 0.6) is 5.75 Å². The first-order chi connectivity index (χ1) is 10.1. The summed E-state index contributed by atoms with van der Waals surface area (Å²) in [5.41, 5.74) is 0.563. The van der Waals surface area contributed by atoms with Crippen LogP contribution in [-0.2, 0) is 11.2 Å². The first kappa shape index (κ1) is 14.8. The van der Waals surface area contributed by atoms with Crippen molar-refractivity contribution in [3.8, 4) is 5.75 Å². The Morgan fingerprint density at radius 2 is 1.90 bits per heavy atom. The van der Waals surface area contributed by atoms with Gasteiger partial charge in [-0.2, -0.15) is 20.5 Å². The number of Topliss-reactive ketones (excluding diaryl/α,β-unsaturated/α-hetero) is 1. The molecule has 2 heterocycles. The quantitative estimate of drug-likeness (QED) is 0.819. The lowest BCUT2D eigenvalue weighted by atomic mass is 9.90. The molecule has 2 aliphatic rings. The molecule has 0 aliphatic carbocycles. The summed E-state index contributed by atoms with van der Waals surface area (Å²) in [4.78, 5) is 12.5. The van der Waals surface area contributed by atoms with Crippen LogP contribution in [0.2, 0.25) is 0 Å². The Labute approximate surface area is 127 Å². The van der Waals surface area contributed by atoms with Gasteiger partial charge in [0.15, 0.2) is 0 Å². The molecule has 2 nitrogen and oxygen atoms in total. The molecule has 2 aliphatic heterocycles. The number of carbonyl (C=O) groups is 1. The Balaban J connectivity index is 1.67. The molecule has 0 amide bonds. The second-order valence-corrected chi connectivity index (χ2v) is 7.36. The van der Waals surface area contributed by atoms with Gasteiger partial charge in [0.05, 0.1) is 0 Å². The number of hydrogen-bond acceptors (Lipinski definition) is 3. The van der Waals surface area contributed by atoms with Crippen molar-refractivity contribution in [2.45, 2.75) is 49.2 Å². The number of para-hydroxylation sites is 1. The monoisotopic (exact) mass is 312 g/mol. The van der Waals surface area contributed by atoms with Crippen molar-refractivity contribution in [2.24, 2.45) is 5.92 Å². The van der Waals surface area contributed by atoms with Gasteiger partial charge in [-0.3, -0.25) is 4.79 Å². The highest BCUT2D eigenvalue weighted by atomic mass is 32.2. The summed E-state index contributed by atoms with van der Waals surface area (Å²) in [5.74, 6) is 0.370. The zero-order valence-electron chi connectivity index (χ0n) is 11.6. The molecule has 2 saturated heterocycles. The number of ether oxygens (including phenoxy) is 1. The van der Waals surface area contributed by atoms with Gasteiger partial charge in [0, 0.05) is 28.4 Å². The molecular weight excluding hydrogens is 294 g/mol. The highest BCUT2D eigenvalue weighted by molar-refractivity contribution is 8.00. The number of thioether (sulfide) groups is 1. The second kappa shape index (κ2) is 6.34. The van der Waals surface area contributed by atoms with E-state index >= 15 is 0 Å². The van der Waals surface area contributed by atoms with E-state index < -0.39 is 6.61 Å². The Kier molecular flexibility index (Phi) is 4.48. The Bertz CT molecular complexity index is 509. The lowest BCUT2D eigenvalue weighted by Gasteiger charge is -2.26. The van der Waals surface area contributed by atoms with E-state index in [1.54, 1.807) is 18.2 Å². The largest absolute Gasteiger partial charge is 0.435 e. The molecule has 0 spiro atoms. The van der Waals surface area contributed by atoms with E-state index in [9.17, 15) is 13.6 Å². The van der Waals surface area contributed by atoms with E-state index in [1.807, 2.05) is 11.8 Å². The zero-order valence-corrected chi connectivity index (χ0v) is 12.5. The van der Waals surface area contributed by atoms with Gasteiger partial charge in [0.25, 0.3) is 0 Å². The molecule has 2 unspecified atom stereocenters. The number of halogens is 2. The van der Waals surface area contributed by atoms with Crippen molar-refractivity contribution < 1.29 is 18.3 Å². The third-order valence-electron chi connectivity index (χ3n) is 4.30. The maximum Gasteiger partial charge on any atom is 0.387 e. The van der Waals surface area contributed by atoms with Crippen molar-refractivity contribution in [1.29, 1.82) is 0 Å². The fourth-order valence-electron chi connectivity index (χ4n) is 3.31. The minimum atomic E-state index is -2.86. The summed E-state index contributed by atoms with van der Waals surface area (Å²) in [6, 6.07) is 6.58. The fraction of sp³-hybridized carbons (Fsp3) is 0.562. The maximum absolute atomic E-state index is 12.5. The molecule has 5 heteroatoms. The molecule has 114 valence electrons. The van der Waals surface area contributed by atoms with E-state index in [2.05, 4.69) is 4.74 Å². The molecule has 3 rings (SSSR count). The highest BCUT2D eigenvalue weighted by Crippen LogP contribution is 2.46. The average Bonchev–Trinajstić information content (AvgIpc) is 2.79. The van der Waals surface area contributed by atoms with Crippen molar-refractivity contribution in [2.75, 3.05) is 0 Å². The number of carbonyl (C=O) groups excluding carboxylic acids is 1. The third kappa shape index (κ3) is 3.57. The molecule has 2 fully saturated rings. The van der Waals surface area contributed by atoms with Gasteiger partial charge in [-0.1, -0.05) is 18.2 Å². The van der Waals surface area contributed by atoms with Gasteiger partial charge in [-0.05, 0) is 31.7 Å². The normalized spacial score (nSPS) is 27.9. The Morgan fingerprint density at radius 1 is 1.24 bits per heavy atom. The van der Waals surface area contributed by atoms with Crippen LogP contribution in [0.15, 0.2) is 24.3 Å². The lowest BCUT2D eigenvalue weighted by Crippen LogP contribution is -2.26. The molecule has 0 aromatic heterocycles. The van der Waals surface area contributed by atoms with E-state index in [-0.39, 0.29) is 23.9 Å². The molecule has 2 atom stereocenters. The first-order valence-corrected chi connectivity index (χ1v) is 8.27. The molecule has 0 radical (unpaired) electrons. The SMILES string of the molecule is O=C(Cc1ccccc1OC(F)F)C1CC2CCC(C1)S2. The minimum absolute atomic E-state index is 0.0864. The summed E-state index contributed by atoms with van der Waals surface area (Å²) < 4.78 is 29.3. The van der Waals surface area contributed by atoms with Crippen LogP contribution in [0, 0.1) is 5.92 Å². The number of fused-ring (bicyclic) bond motifs is 2. The fourth-order valence-corrected chi connectivity index (χ4v) is 5.09. The third-order valence-corrected chi connectivity index (χ3v) is 5.93. The summed E-state index contributed by atoms with van der Waals surface area (Å²) in [7, 11) is 0. The number of alkyl halides is 2. The molecule has 0 N–H and O–H groups in total. The zero-order chi connectivity index (χ0) is 14.8. The summed E-state index contributed by atoms with van der Waals surface area (Å²) in [6.45, 7) is -2.86. The van der Waals surface area contributed by atoms with Crippen LogP contribution < -0.4 is 4.74 Å². The topological polar surface area (TPSA) is 26.3 Å². The number of rotatable bonds is 5. The summed E-state index contributed by atoms with van der Waals surface area (Å²) in [5, 5.41) is 1.23. The predicted octanol–water partition coefficient (Wildman–Crippen LogP) is 4.07. The molecule has 21 heavy (non-hydrogen) atoms. The van der Waals surface area contributed by atoms with Gasteiger partial charge < -0.3 is 4.74 Å². The van der Waals surface area contributed by atoms with Crippen LogP contribution in [0.25, 0.3) is 0 Å². The van der Waals surface area contributed by atoms with Gasteiger partial charge in [0.1, 0.15) is 11.5 Å². The number of benzene rings is 1. The van der Waals surface area contributed by atoms with E-state index in [4.69, 9.17) is 0 Å². The van der Waals surface area contributed by atoms with Crippen molar-refractivity contribution >= 4 is 17.5 Å². The highest BCUT2D eigenvalue weighted by Gasteiger charge is 2.37. The van der Waals surface area contributed by atoms with Crippen LogP contribution in [0.3, 0.4) is 0 Å². The molecule has 0 saturated carbocycles. The van der Waals surface area contributed by atoms with Crippen LogP contribution in [-0.4, -0.2) is 22.9 Å². The first-order valence-electron chi connectivity index (χ1n) is 7.32. The van der Waals surface area contributed by atoms with Gasteiger partial charge in [-0.15, -0.1) is 0 Å². The van der Waals surface area contributed by atoms with E-state index in [0.717, 1.165) is 12.8 Å². The maximum atomic E-state index is 12.5. The smallest absolute Gasteiger partial charge is 0.387 e. The molecule has 1 aromatic rings. The Morgan fingerprint density at radius 3 is 2.57 bits per heavy atom. The number of hydrogen-bond donors (Lipinski definition) is 0. The van der Waals surface area contributed by atoms with Crippen LogP contribution in [0.1, 0.15) is 31.2 Å². The van der Waals surface area contributed by atoms with Crippen molar-refractivity contribution in [3.63, 3.8) is 0 Å². The van der Waals surface area contributed by atoms with Crippen molar-refractivity contribution in [3.05, 3.63) is 29.8 Å². The van der Waals surface area contributed by atoms with Crippen LogP contribution in [0.4, 0.5) is 8.78 Å². The average molecular weight is 312 g/mol. The minimum Gasteiger partial charge on any atom is -0.435 e. The second-order valence-electron chi connectivity index (χ2n) is 5.76. The van der Waals surface area contributed by atoms with Gasteiger partial charge in [-0.25, -0.2) is 0 Å². The molecular formula is C16H18F2O2S. The van der Waals surface area contributed by atoms with Gasteiger partial charge in [0.2, 0.25) is 0 Å². The predicted molar refractivity (Wildman–Crippen MR) is 78.9 cm³/mol. The lowest BCUT2D eigenvalue weighted by molar-refractivity contribution is -0.122. The van der Waals surface area contributed by atoms with E-state index in [0.29, 0.717) is 16.1 Å². The molecule has 2 bridgehead atoms. The standard InChI is InChI=1S/C16H18F2O2S/c17-16(18)20-15-4-2-1-3-10(15)9-14(19)11-7-12-5-6-13(8-11)21-12/h1-4,11-13,16H,5-9H2. The van der Waals surface area contributed by atoms with Crippen LogP contribution >= 0.6 is 11.8 Å². The summed E-state index contributed by atoms with van der Waals surface area (Å²) in [6.07, 6.45) is 4.50.